The second-order valence-corrected chi connectivity index (χ2v) is 6.70. The molecule has 0 saturated carbocycles. The van der Waals surface area contributed by atoms with Crippen LogP contribution in [0.25, 0.3) is 10.9 Å². The number of rotatable bonds is 4. The number of aryl methyl sites for hydroxylation is 1. The van der Waals surface area contributed by atoms with Crippen molar-refractivity contribution in [2.24, 2.45) is 0 Å². The maximum absolute atomic E-state index is 12.9. The zero-order valence-corrected chi connectivity index (χ0v) is 14.5. The van der Waals surface area contributed by atoms with Crippen LogP contribution in [0.3, 0.4) is 0 Å². The average Bonchev–Trinajstić information content (AvgIpc) is 3.28. The van der Waals surface area contributed by atoms with Gasteiger partial charge in [-0.15, -0.1) is 0 Å². The predicted octanol–water partition coefficient (Wildman–Crippen LogP) is 3.26. The molecule has 1 aliphatic rings. The summed E-state index contributed by atoms with van der Waals surface area (Å²) in [5, 5.41) is 8.09. The number of aromatic nitrogens is 4. The van der Waals surface area contributed by atoms with Gasteiger partial charge in [0.15, 0.2) is 5.69 Å². The topological polar surface area (TPSA) is 77.7 Å². The number of hydrogen-bond donors (Lipinski definition) is 2. The number of piperidine rings is 1. The lowest BCUT2D eigenvalue weighted by Crippen LogP contribution is -2.38. The number of aromatic amines is 2. The van der Waals surface area contributed by atoms with Crippen LogP contribution >= 0.6 is 0 Å². The lowest BCUT2D eigenvalue weighted by Gasteiger charge is -2.31. The molecule has 25 heavy (non-hydrogen) atoms. The molecular formula is C19H23N5O. The Labute approximate surface area is 146 Å². The number of H-pyrrole nitrogens is 2. The third-order valence-corrected chi connectivity index (χ3v) is 5.09. The second kappa shape index (κ2) is 6.70. The van der Waals surface area contributed by atoms with Gasteiger partial charge in [0.2, 0.25) is 0 Å². The van der Waals surface area contributed by atoms with Crippen molar-refractivity contribution in [1.82, 2.24) is 25.1 Å². The molecule has 1 amide bonds. The third kappa shape index (κ3) is 2.92. The van der Waals surface area contributed by atoms with Crippen molar-refractivity contribution in [3.05, 3.63) is 47.7 Å². The Morgan fingerprint density at radius 2 is 2.08 bits per heavy atom. The van der Waals surface area contributed by atoms with Gasteiger partial charge in [0, 0.05) is 30.1 Å². The summed E-state index contributed by atoms with van der Waals surface area (Å²) in [6.45, 7) is 3.69. The quantitative estimate of drug-likeness (QED) is 0.767. The van der Waals surface area contributed by atoms with E-state index < -0.39 is 0 Å². The minimum absolute atomic E-state index is 0.0201. The number of carbonyl (C=O) groups excluding carboxylic acids is 1. The van der Waals surface area contributed by atoms with E-state index in [0.29, 0.717) is 11.6 Å². The maximum atomic E-state index is 12.9. The maximum Gasteiger partial charge on any atom is 0.274 e. The lowest BCUT2D eigenvalue weighted by atomic mass is 9.91. The Hall–Kier alpha value is -2.63. The molecule has 0 aliphatic carbocycles. The number of imidazole rings is 1. The summed E-state index contributed by atoms with van der Waals surface area (Å²) in [5.74, 6) is 0.458. The van der Waals surface area contributed by atoms with E-state index in [1.165, 1.54) is 11.4 Å². The number of carbonyl (C=O) groups is 1. The molecule has 0 bridgehead atoms. The number of hydrogen-bond acceptors (Lipinski definition) is 3. The van der Waals surface area contributed by atoms with Crippen LogP contribution in [0.5, 0.6) is 0 Å². The van der Waals surface area contributed by atoms with E-state index in [1.807, 2.05) is 29.2 Å². The number of nitrogens with zero attached hydrogens (tertiary/aromatic N) is 3. The molecule has 1 saturated heterocycles. The summed E-state index contributed by atoms with van der Waals surface area (Å²) in [7, 11) is 0. The zero-order chi connectivity index (χ0) is 17.2. The smallest absolute Gasteiger partial charge is 0.274 e. The number of nitrogens with one attached hydrogen (secondary N) is 2. The van der Waals surface area contributed by atoms with Crippen LogP contribution < -0.4 is 0 Å². The first-order chi connectivity index (χ1) is 12.3. The highest BCUT2D eigenvalue weighted by Crippen LogP contribution is 2.30. The number of fused-ring (bicyclic) bond motifs is 1. The molecule has 4 rings (SSSR count). The monoisotopic (exact) mass is 337 g/mol. The fraction of sp³-hybridized carbons (Fsp3) is 0.421. The van der Waals surface area contributed by atoms with Gasteiger partial charge in [-0.25, -0.2) is 4.98 Å². The van der Waals surface area contributed by atoms with Crippen molar-refractivity contribution in [2.45, 2.75) is 38.5 Å². The van der Waals surface area contributed by atoms with E-state index in [0.717, 1.165) is 49.7 Å². The second-order valence-electron chi connectivity index (χ2n) is 6.70. The molecule has 3 heterocycles. The molecule has 130 valence electrons. The van der Waals surface area contributed by atoms with Crippen LogP contribution in [0.1, 0.15) is 54.0 Å². The summed E-state index contributed by atoms with van der Waals surface area (Å²) in [6, 6.07) is 7.77. The summed E-state index contributed by atoms with van der Waals surface area (Å²) >= 11 is 0. The van der Waals surface area contributed by atoms with Gasteiger partial charge in [-0.05, 0) is 25.3 Å². The Bertz CT molecular complexity index is 873. The molecule has 2 N–H and O–H groups in total. The van der Waals surface area contributed by atoms with Gasteiger partial charge < -0.3 is 9.88 Å². The van der Waals surface area contributed by atoms with E-state index in [9.17, 15) is 4.79 Å². The van der Waals surface area contributed by atoms with Crippen molar-refractivity contribution >= 4 is 16.8 Å². The van der Waals surface area contributed by atoms with Crippen molar-refractivity contribution in [3.8, 4) is 0 Å². The van der Waals surface area contributed by atoms with Gasteiger partial charge in [0.25, 0.3) is 5.91 Å². The highest BCUT2D eigenvalue weighted by atomic mass is 16.2. The van der Waals surface area contributed by atoms with Gasteiger partial charge in [-0.1, -0.05) is 31.5 Å². The molecule has 0 unspecified atom stereocenters. The number of benzene rings is 1. The Balaban J connectivity index is 1.46. The van der Waals surface area contributed by atoms with Crippen LogP contribution in [-0.2, 0) is 6.42 Å². The van der Waals surface area contributed by atoms with Gasteiger partial charge in [-0.3, -0.25) is 9.89 Å². The molecule has 6 heteroatoms. The Kier molecular flexibility index (Phi) is 4.26. The highest BCUT2D eigenvalue weighted by Gasteiger charge is 2.28. The summed E-state index contributed by atoms with van der Waals surface area (Å²) < 4.78 is 0. The van der Waals surface area contributed by atoms with E-state index in [4.69, 9.17) is 0 Å². The number of amides is 1. The minimum atomic E-state index is 0.0201. The van der Waals surface area contributed by atoms with E-state index in [2.05, 4.69) is 27.1 Å². The van der Waals surface area contributed by atoms with E-state index in [-0.39, 0.29) is 5.91 Å². The molecule has 1 fully saturated rings. The largest absolute Gasteiger partial charge is 0.348 e. The Morgan fingerprint density at radius 1 is 1.28 bits per heavy atom. The van der Waals surface area contributed by atoms with E-state index in [1.54, 1.807) is 6.33 Å². The van der Waals surface area contributed by atoms with Gasteiger partial charge in [0.1, 0.15) is 0 Å². The molecule has 1 aliphatic heterocycles. The first kappa shape index (κ1) is 15.9. The fourth-order valence-electron chi connectivity index (χ4n) is 3.77. The van der Waals surface area contributed by atoms with Crippen molar-refractivity contribution in [1.29, 1.82) is 0 Å². The molecule has 1 aromatic carbocycles. The summed E-state index contributed by atoms with van der Waals surface area (Å²) in [6.07, 6.45) is 5.85. The predicted molar refractivity (Wildman–Crippen MR) is 96.6 cm³/mol. The zero-order valence-electron chi connectivity index (χ0n) is 14.5. The van der Waals surface area contributed by atoms with Gasteiger partial charge in [0.05, 0.1) is 17.5 Å². The van der Waals surface area contributed by atoms with Crippen molar-refractivity contribution in [2.75, 3.05) is 13.1 Å². The average molecular weight is 337 g/mol. The first-order valence-electron chi connectivity index (χ1n) is 9.02. The Morgan fingerprint density at radius 3 is 2.88 bits per heavy atom. The number of likely N-dealkylation sites (tertiary alicyclic amines) is 1. The fourth-order valence-corrected chi connectivity index (χ4v) is 3.77. The van der Waals surface area contributed by atoms with Gasteiger partial charge >= 0.3 is 0 Å². The molecule has 0 spiro atoms. The molecule has 6 nitrogen and oxygen atoms in total. The molecule has 0 radical (unpaired) electrons. The lowest BCUT2D eigenvalue weighted by molar-refractivity contribution is 0.0708. The van der Waals surface area contributed by atoms with Crippen molar-refractivity contribution in [3.63, 3.8) is 0 Å². The van der Waals surface area contributed by atoms with Crippen LogP contribution in [-0.4, -0.2) is 44.1 Å². The first-order valence-corrected chi connectivity index (χ1v) is 9.02. The molecule has 2 aromatic heterocycles. The summed E-state index contributed by atoms with van der Waals surface area (Å²) in [4.78, 5) is 22.6. The van der Waals surface area contributed by atoms with Crippen LogP contribution in [0, 0.1) is 0 Å². The molecule has 0 atom stereocenters. The number of para-hydroxylation sites is 1. The standard InChI is InChI=1S/C19H23N5O/c1-2-5-16-17(21-12-20-16)13-8-10-24(11-9-13)19(25)18-14-6-3-4-7-15(14)22-23-18/h3-4,6-7,12-13H,2,5,8-11H2,1H3,(H,20,21)(H,22,23). The van der Waals surface area contributed by atoms with Crippen LogP contribution in [0.4, 0.5) is 0 Å². The van der Waals surface area contributed by atoms with Gasteiger partial charge in [-0.2, -0.15) is 5.10 Å². The minimum Gasteiger partial charge on any atom is -0.348 e. The summed E-state index contributed by atoms with van der Waals surface area (Å²) in [5.41, 5.74) is 3.88. The van der Waals surface area contributed by atoms with Crippen LogP contribution in [0.15, 0.2) is 30.6 Å². The normalized spacial score (nSPS) is 15.8. The van der Waals surface area contributed by atoms with Crippen molar-refractivity contribution < 1.29 is 4.79 Å². The van der Waals surface area contributed by atoms with Crippen LogP contribution in [0.2, 0.25) is 0 Å². The molecule has 3 aromatic rings. The highest BCUT2D eigenvalue weighted by molar-refractivity contribution is 6.04. The third-order valence-electron chi connectivity index (χ3n) is 5.09. The molecular weight excluding hydrogens is 314 g/mol. The van der Waals surface area contributed by atoms with E-state index >= 15 is 0 Å². The SMILES string of the molecule is CCCc1[nH]cnc1C1CCN(C(=O)c2n[nH]c3ccccc23)CC1.